The Kier molecular flexibility index (Phi) is 4.18. The van der Waals surface area contributed by atoms with Crippen molar-refractivity contribution in [3.05, 3.63) is 53.7 Å². The van der Waals surface area contributed by atoms with Gasteiger partial charge in [0.1, 0.15) is 11.6 Å². The summed E-state index contributed by atoms with van der Waals surface area (Å²) >= 11 is 0. The Bertz CT molecular complexity index is 553. The van der Waals surface area contributed by atoms with Gasteiger partial charge in [0.2, 0.25) is 5.91 Å². The highest BCUT2D eigenvalue weighted by Crippen LogP contribution is 2.14. The van der Waals surface area contributed by atoms with Gasteiger partial charge in [-0.25, -0.2) is 4.39 Å². The van der Waals surface area contributed by atoms with Crippen molar-refractivity contribution in [2.45, 2.75) is 13.5 Å². The number of hydrogen-bond acceptors (Lipinski definition) is 3. The van der Waals surface area contributed by atoms with E-state index in [0.29, 0.717) is 12.3 Å². The summed E-state index contributed by atoms with van der Waals surface area (Å²) < 4.78 is 18.0. The van der Waals surface area contributed by atoms with Gasteiger partial charge in [-0.15, -0.1) is 0 Å². The van der Waals surface area contributed by atoms with E-state index in [1.807, 2.05) is 0 Å². The lowest BCUT2D eigenvalue weighted by Crippen LogP contribution is -2.29. The molecule has 1 heterocycles. The molecule has 0 aliphatic carbocycles. The standard InChI is InChI=1S/C14H15FN2O2/c1-10-7-11(15)4-5-13(10)16-9-14(18)17-8-12-3-2-6-19-12/h2-7,16H,8-9H2,1H3,(H,17,18). The minimum absolute atomic E-state index is 0.132. The smallest absolute Gasteiger partial charge is 0.239 e. The van der Waals surface area contributed by atoms with Crippen molar-refractivity contribution in [1.82, 2.24) is 5.32 Å². The van der Waals surface area contributed by atoms with E-state index in [9.17, 15) is 9.18 Å². The first-order valence-electron chi connectivity index (χ1n) is 5.94. The molecule has 2 aromatic rings. The fraction of sp³-hybridized carbons (Fsp3) is 0.214. The molecule has 1 amide bonds. The van der Waals surface area contributed by atoms with Gasteiger partial charge in [0, 0.05) is 5.69 Å². The highest BCUT2D eigenvalue weighted by molar-refractivity contribution is 5.80. The number of nitrogens with one attached hydrogen (secondary N) is 2. The number of carbonyl (C=O) groups excluding carboxylic acids is 1. The number of hydrogen-bond donors (Lipinski definition) is 2. The molecule has 0 aliphatic rings. The van der Waals surface area contributed by atoms with Gasteiger partial charge in [0.25, 0.3) is 0 Å². The van der Waals surface area contributed by atoms with Crippen LogP contribution in [0.1, 0.15) is 11.3 Å². The van der Waals surface area contributed by atoms with E-state index in [0.717, 1.165) is 11.3 Å². The van der Waals surface area contributed by atoms with Crippen molar-refractivity contribution < 1.29 is 13.6 Å². The number of halogens is 1. The van der Waals surface area contributed by atoms with Crippen LogP contribution < -0.4 is 10.6 Å². The Morgan fingerprint density at radius 2 is 2.21 bits per heavy atom. The topological polar surface area (TPSA) is 54.3 Å². The molecular weight excluding hydrogens is 247 g/mol. The van der Waals surface area contributed by atoms with Crippen LogP contribution in [0.15, 0.2) is 41.0 Å². The molecule has 0 unspecified atom stereocenters. The van der Waals surface area contributed by atoms with Crippen molar-refractivity contribution in [1.29, 1.82) is 0 Å². The van der Waals surface area contributed by atoms with E-state index in [-0.39, 0.29) is 18.3 Å². The van der Waals surface area contributed by atoms with Gasteiger partial charge in [-0.05, 0) is 42.8 Å². The van der Waals surface area contributed by atoms with E-state index < -0.39 is 0 Å². The van der Waals surface area contributed by atoms with Crippen LogP contribution in [-0.2, 0) is 11.3 Å². The third kappa shape index (κ3) is 3.84. The molecular formula is C14H15FN2O2. The van der Waals surface area contributed by atoms with Crippen LogP contribution in [0.5, 0.6) is 0 Å². The Hall–Kier alpha value is -2.30. The summed E-state index contributed by atoms with van der Waals surface area (Å²) in [5, 5.41) is 5.68. The summed E-state index contributed by atoms with van der Waals surface area (Å²) in [6.45, 7) is 2.27. The summed E-state index contributed by atoms with van der Waals surface area (Å²) in [5.74, 6) is 0.261. The predicted octanol–water partition coefficient (Wildman–Crippen LogP) is 2.46. The molecule has 100 valence electrons. The van der Waals surface area contributed by atoms with Gasteiger partial charge >= 0.3 is 0 Å². The highest BCUT2D eigenvalue weighted by atomic mass is 19.1. The number of anilines is 1. The van der Waals surface area contributed by atoms with Crippen molar-refractivity contribution in [3.8, 4) is 0 Å². The van der Waals surface area contributed by atoms with Gasteiger partial charge < -0.3 is 15.1 Å². The van der Waals surface area contributed by atoms with Gasteiger partial charge in [-0.2, -0.15) is 0 Å². The summed E-state index contributed by atoms with van der Waals surface area (Å²) in [6.07, 6.45) is 1.56. The predicted molar refractivity (Wildman–Crippen MR) is 70.2 cm³/mol. The van der Waals surface area contributed by atoms with Crippen molar-refractivity contribution in [2.75, 3.05) is 11.9 Å². The van der Waals surface area contributed by atoms with Crippen LogP contribution in [0.2, 0.25) is 0 Å². The zero-order valence-corrected chi connectivity index (χ0v) is 10.6. The van der Waals surface area contributed by atoms with E-state index in [4.69, 9.17) is 4.42 Å². The molecule has 0 saturated heterocycles. The highest BCUT2D eigenvalue weighted by Gasteiger charge is 2.04. The average molecular weight is 262 g/mol. The molecule has 0 atom stereocenters. The Labute approximate surface area is 110 Å². The maximum Gasteiger partial charge on any atom is 0.239 e. The van der Waals surface area contributed by atoms with E-state index in [1.165, 1.54) is 12.1 Å². The van der Waals surface area contributed by atoms with Crippen LogP contribution in [0.25, 0.3) is 0 Å². The second kappa shape index (κ2) is 6.04. The SMILES string of the molecule is Cc1cc(F)ccc1NCC(=O)NCc1ccco1. The lowest BCUT2D eigenvalue weighted by atomic mass is 10.2. The number of benzene rings is 1. The Morgan fingerprint density at radius 3 is 2.89 bits per heavy atom. The third-order valence-corrected chi connectivity index (χ3v) is 2.67. The monoisotopic (exact) mass is 262 g/mol. The molecule has 0 saturated carbocycles. The molecule has 19 heavy (non-hydrogen) atoms. The number of aryl methyl sites for hydroxylation is 1. The first kappa shape index (κ1) is 13.1. The summed E-state index contributed by atoms with van der Waals surface area (Å²) in [6, 6.07) is 7.95. The van der Waals surface area contributed by atoms with Gasteiger partial charge in [0.05, 0.1) is 19.4 Å². The average Bonchev–Trinajstić information content (AvgIpc) is 2.88. The number of amides is 1. The molecule has 0 spiro atoms. The molecule has 4 nitrogen and oxygen atoms in total. The zero-order valence-electron chi connectivity index (χ0n) is 10.6. The Morgan fingerprint density at radius 1 is 1.37 bits per heavy atom. The maximum absolute atomic E-state index is 12.9. The molecule has 0 fully saturated rings. The zero-order chi connectivity index (χ0) is 13.7. The molecule has 2 rings (SSSR count). The second-order valence-corrected chi connectivity index (χ2v) is 4.17. The van der Waals surface area contributed by atoms with Crippen molar-refractivity contribution in [2.24, 2.45) is 0 Å². The van der Waals surface area contributed by atoms with Crippen molar-refractivity contribution in [3.63, 3.8) is 0 Å². The summed E-state index contributed by atoms with van der Waals surface area (Å²) in [5.41, 5.74) is 1.51. The number of carbonyl (C=O) groups is 1. The molecule has 2 N–H and O–H groups in total. The van der Waals surface area contributed by atoms with E-state index in [2.05, 4.69) is 10.6 Å². The first-order chi connectivity index (χ1) is 9.15. The second-order valence-electron chi connectivity index (χ2n) is 4.17. The Balaban J connectivity index is 1.80. The van der Waals surface area contributed by atoms with Crippen LogP contribution >= 0.6 is 0 Å². The normalized spacial score (nSPS) is 10.2. The fourth-order valence-corrected chi connectivity index (χ4v) is 1.66. The molecule has 0 bridgehead atoms. The number of furan rings is 1. The lowest BCUT2D eigenvalue weighted by Gasteiger charge is -2.09. The first-order valence-corrected chi connectivity index (χ1v) is 5.94. The molecule has 0 radical (unpaired) electrons. The van der Waals surface area contributed by atoms with Gasteiger partial charge in [0.15, 0.2) is 0 Å². The van der Waals surface area contributed by atoms with Crippen LogP contribution in [-0.4, -0.2) is 12.5 Å². The van der Waals surface area contributed by atoms with E-state index >= 15 is 0 Å². The summed E-state index contributed by atoms with van der Waals surface area (Å²) in [4.78, 5) is 11.6. The van der Waals surface area contributed by atoms with Crippen LogP contribution in [0.4, 0.5) is 10.1 Å². The molecule has 5 heteroatoms. The minimum Gasteiger partial charge on any atom is -0.467 e. The minimum atomic E-state index is -0.287. The number of rotatable bonds is 5. The lowest BCUT2D eigenvalue weighted by molar-refractivity contribution is -0.119. The fourth-order valence-electron chi connectivity index (χ4n) is 1.66. The van der Waals surface area contributed by atoms with Gasteiger partial charge in [-0.1, -0.05) is 0 Å². The maximum atomic E-state index is 12.9. The summed E-state index contributed by atoms with van der Waals surface area (Å²) in [7, 11) is 0. The molecule has 0 aliphatic heterocycles. The van der Waals surface area contributed by atoms with Crippen LogP contribution in [0, 0.1) is 12.7 Å². The molecule has 1 aromatic carbocycles. The third-order valence-electron chi connectivity index (χ3n) is 2.67. The van der Waals surface area contributed by atoms with Gasteiger partial charge in [-0.3, -0.25) is 4.79 Å². The van der Waals surface area contributed by atoms with E-state index in [1.54, 1.807) is 31.4 Å². The largest absolute Gasteiger partial charge is 0.467 e. The molecule has 1 aromatic heterocycles. The van der Waals surface area contributed by atoms with Crippen LogP contribution in [0.3, 0.4) is 0 Å². The quantitative estimate of drug-likeness (QED) is 0.870. The van der Waals surface area contributed by atoms with Crippen molar-refractivity contribution >= 4 is 11.6 Å².